The summed E-state index contributed by atoms with van der Waals surface area (Å²) in [4.78, 5) is 11.2. The lowest BCUT2D eigenvalue weighted by Gasteiger charge is -2.21. The van der Waals surface area contributed by atoms with Crippen LogP contribution in [-0.4, -0.2) is 17.6 Å². The number of carboxylic acid groups (broad SMARTS) is 1. The number of nitrogens with one attached hydrogen (secondary N) is 1. The number of hydrogen-bond donors (Lipinski definition) is 2. The van der Waals surface area contributed by atoms with Gasteiger partial charge in [-0.15, -0.1) is 0 Å². The van der Waals surface area contributed by atoms with Crippen molar-refractivity contribution in [3.8, 4) is 0 Å². The van der Waals surface area contributed by atoms with Gasteiger partial charge in [-0.2, -0.15) is 0 Å². The number of aliphatic carboxylic acids is 1. The molecule has 24 heavy (non-hydrogen) atoms. The average Bonchev–Trinajstić information content (AvgIpc) is 2.55. The molecule has 0 aromatic heterocycles. The molecule has 2 rings (SSSR count). The highest BCUT2D eigenvalue weighted by Gasteiger charge is 2.17. The van der Waals surface area contributed by atoms with Crippen molar-refractivity contribution in [2.24, 2.45) is 11.8 Å². The summed E-state index contributed by atoms with van der Waals surface area (Å²) >= 11 is 5.92. The SMILES string of the molecule is CC(Cc1ccc(Cl)cc1)CC(CNc1ccccc1)CC(=O)O. The van der Waals surface area contributed by atoms with Gasteiger partial charge in [0.2, 0.25) is 0 Å². The summed E-state index contributed by atoms with van der Waals surface area (Å²) in [5.41, 5.74) is 2.26. The Kier molecular flexibility index (Phi) is 7.13. The fourth-order valence-electron chi connectivity index (χ4n) is 2.98. The first-order valence-corrected chi connectivity index (χ1v) is 8.66. The predicted molar refractivity (Wildman–Crippen MR) is 99.6 cm³/mol. The molecule has 0 aliphatic rings. The molecule has 0 spiro atoms. The van der Waals surface area contributed by atoms with Gasteiger partial charge >= 0.3 is 5.97 Å². The molecule has 2 N–H and O–H groups in total. The van der Waals surface area contributed by atoms with Gasteiger partial charge in [-0.1, -0.05) is 48.9 Å². The van der Waals surface area contributed by atoms with E-state index in [1.807, 2.05) is 54.6 Å². The van der Waals surface area contributed by atoms with Crippen molar-refractivity contribution in [2.75, 3.05) is 11.9 Å². The predicted octanol–water partition coefficient (Wildman–Crippen LogP) is 5.11. The Bertz CT molecular complexity index is 628. The van der Waals surface area contributed by atoms with Gasteiger partial charge < -0.3 is 10.4 Å². The first-order chi connectivity index (χ1) is 11.5. The van der Waals surface area contributed by atoms with E-state index in [2.05, 4.69) is 12.2 Å². The summed E-state index contributed by atoms with van der Waals surface area (Å²) in [6.07, 6.45) is 1.98. The van der Waals surface area contributed by atoms with E-state index < -0.39 is 5.97 Å². The smallest absolute Gasteiger partial charge is 0.303 e. The standard InChI is InChI=1S/C20H24ClNO2/c1-15(11-16-7-9-18(21)10-8-16)12-17(13-20(23)24)14-22-19-5-3-2-4-6-19/h2-10,15,17,22H,11-14H2,1H3,(H,23,24). The second-order valence-electron chi connectivity index (χ2n) is 6.38. The van der Waals surface area contributed by atoms with Crippen LogP contribution in [0.3, 0.4) is 0 Å². The van der Waals surface area contributed by atoms with Crippen molar-refractivity contribution in [1.82, 2.24) is 0 Å². The van der Waals surface area contributed by atoms with Gasteiger partial charge in [0, 0.05) is 23.7 Å². The van der Waals surface area contributed by atoms with Crippen LogP contribution in [0, 0.1) is 11.8 Å². The first-order valence-electron chi connectivity index (χ1n) is 8.28. The number of hydrogen-bond acceptors (Lipinski definition) is 2. The van der Waals surface area contributed by atoms with Crippen LogP contribution in [-0.2, 0) is 11.2 Å². The number of anilines is 1. The summed E-state index contributed by atoms with van der Waals surface area (Å²) < 4.78 is 0. The Hall–Kier alpha value is -2.00. The third-order valence-electron chi connectivity index (χ3n) is 4.07. The summed E-state index contributed by atoms with van der Waals surface area (Å²) in [7, 11) is 0. The minimum Gasteiger partial charge on any atom is -0.481 e. The van der Waals surface area contributed by atoms with E-state index in [1.165, 1.54) is 5.56 Å². The lowest BCUT2D eigenvalue weighted by Crippen LogP contribution is -2.21. The van der Waals surface area contributed by atoms with Gasteiger partial charge in [0.1, 0.15) is 0 Å². The highest BCUT2D eigenvalue weighted by molar-refractivity contribution is 6.30. The number of rotatable bonds is 9. The highest BCUT2D eigenvalue weighted by atomic mass is 35.5. The largest absolute Gasteiger partial charge is 0.481 e. The molecule has 0 radical (unpaired) electrons. The molecule has 0 aliphatic heterocycles. The third-order valence-corrected chi connectivity index (χ3v) is 4.32. The molecule has 128 valence electrons. The minimum absolute atomic E-state index is 0.102. The van der Waals surface area contributed by atoms with E-state index in [0.29, 0.717) is 12.5 Å². The molecule has 2 atom stereocenters. The summed E-state index contributed by atoms with van der Waals surface area (Å²) in [5, 5.41) is 13.3. The molecule has 4 heteroatoms. The molecular formula is C20H24ClNO2. The zero-order valence-electron chi connectivity index (χ0n) is 13.9. The molecule has 0 bridgehead atoms. The number of halogens is 1. The van der Waals surface area contributed by atoms with E-state index in [9.17, 15) is 9.90 Å². The Morgan fingerprint density at radius 2 is 1.79 bits per heavy atom. The van der Waals surface area contributed by atoms with Gasteiger partial charge in [0.05, 0.1) is 0 Å². The third kappa shape index (κ3) is 6.63. The Labute approximate surface area is 148 Å². The second-order valence-corrected chi connectivity index (χ2v) is 6.82. The fourth-order valence-corrected chi connectivity index (χ4v) is 3.11. The summed E-state index contributed by atoms with van der Waals surface area (Å²) in [6.45, 7) is 2.84. The zero-order chi connectivity index (χ0) is 17.4. The van der Waals surface area contributed by atoms with E-state index >= 15 is 0 Å². The summed E-state index contributed by atoms with van der Waals surface area (Å²) in [5.74, 6) is -0.230. The monoisotopic (exact) mass is 345 g/mol. The summed E-state index contributed by atoms with van der Waals surface area (Å²) in [6, 6.07) is 17.8. The van der Waals surface area contributed by atoms with Crippen molar-refractivity contribution in [2.45, 2.75) is 26.2 Å². The minimum atomic E-state index is -0.742. The normalized spacial score (nSPS) is 13.2. The molecule has 2 aromatic rings. The van der Waals surface area contributed by atoms with Crippen LogP contribution < -0.4 is 5.32 Å². The second kappa shape index (κ2) is 9.33. The van der Waals surface area contributed by atoms with Crippen molar-refractivity contribution in [1.29, 1.82) is 0 Å². The molecule has 0 fully saturated rings. The maximum atomic E-state index is 11.2. The van der Waals surface area contributed by atoms with Crippen molar-refractivity contribution >= 4 is 23.3 Å². The lowest BCUT2D eigenvalue weighted by atomic mass is 9.89. The van der Waals surface area contributed by atoms with Gasteiger partial charge in [-0.25, -0.2) is 0 Å². The molecule has 2 unspecified atom stereocenters. The molecule has 2 aromatic carbocycles. The highest BCUT2D eigenvalue weighted by Crippen LogP contribution is 2.21. The Balaban J connectivity index is 1.89. The molecule has 0 amide bonds. The molecule has 0 heterocycles. The number of carbonyl (C=O) groups is 1. The van der Waals surface area contributed by atoms with Crippen LogP contribution >= 0.6 is 11.6 Å². The van der Waals surface area contributed by atoms with Gasteiger partial charge in [0.15, 0.2) is 0 Å². The fraction of sp³-hybridized carbons (Fsp3) is 0.350. The van der Waals surface area contributed by atoms with E-state index in [-0.39, 0.29) is 12.3 Å². The lowest BCUT2D eigenvalue weighted by molar-refractivity contribution is -0.138. The maximum absolute atomic E-state index is 11.2. The molecular weight excluding hydrogens is 322 g/mol. The molecule has 0 saturated heterocycles. The van der Waals surface area contributed by atoms with Crippen LogP contribution in [0.25, 0.3) is 0 Å². The van der Waals surface area contributed by atoms with Crippen LogP contribution in [0.15, 0.2) is 54.6 Å². The first kappa shape index (κ1) is 18.3. The van der Waals surface area contributed by atoms with E-state index in [0.717, 1.165) is 23.6 Å². The number of para-hydroxylation sites is 1. The Morgan fingerprint density at radius 3 is 2.42 bits per heavy atom. The zero-order valence-corrected chi connectivity index (χ0v) is 14.7. The van der Waals surface area contributed by atoms with Crippen LogP contribution in [0.1, 0.15) is 25.3 Å². The van der Waals surface area contributed by atoms with Crippen molar-refractivity contribution in [3.63, 3.8) is 0 Å². The molecule has 0 saturated carbocycles. The molecule has 3 nitrogen and oxygen atoms in total. The van der Waals surface area contributed by atoms with Crippen molar-refractivity contribution < 1.29 is 9.90 Å². The quantitative estimate of drug-likeness (QED) is 0.663. The van der Waals surface area contributed by atoms with Crippen LogP contribution in [0.4, 0.5) is 5.69 Å². The number of carboxylic acids is 1. The van der Waals surface area contributed by atoms with Gasteiger partial charge in [0.25, 0.3) is 0 Å². The van der Waals surface area contributed by atoms with Gasteiger partial charge in [-0.05, 0) is 54.5 Å². The maximum Gasteiger partial charge on any atom is 0.303 e. The van der Waals surface area contributed by atoms with E-state index in [1.54, 1.807) is 0 Å². The topological polar surface area (TPSA) is 49.3 Å². The van der Waals surface area contributed by atoms with Crippen LogP contribution in [0.2, 0.25) is 5.02 Å². The van der Waals surface area contributed by atoms with Crippen molar-refractivity contribution in [3.05, 3.63) is 65.2 Å². The number of benzene rings is 2. The Morgan fingerprint density at radius 1 is 1.12 bits per heavy atom. The van der Waals surface area contributed by atoms with Crippen LogP contribution in [0.5, 0.6) is 0 Å². The molecule has 0 aliphatic carbocycles. The average molecular weight is 346 g/mol. The van der Waals surface area contributed by atoms with E-state index in [4.69, 9.17) is 11.6 Å². The van der Waals surface area contributed by atoms with Gasteiger partial charge in [-0.3, -0.25) is 4.79 Å².